The first kappa shape index (κ1) is 11.2. The summed E-state index contributed by atoms with van der Waals surface area (Å²) in [6.07, 6.45) is 0.103. The quantitative estimate of drug-likeness (QED) is 0.870. The number of halogens is 1. The van der Waals surface area contributed by atoms with Crippen LogP contribution in [0.25, 0.3) is 0 Å². The second-order valence-electron chi connectivity index (χ2n) is 3.51. The molecule has 1 heterocycles. The summed E-state index contributed by atoms with van der Waals surface area (Å²) in [5.41, 5.74) is 11.7. The summed E-state index contributed by atoms with van der Waals surface area (Å²) in [5.74, 6) is 0.862. The summed E-state index contributed by atoms with van der Waals surface area (Å²) in [5, 5.41) is 0. The van der Waals surface area contributed by atoms with Gasteiger partial charge < -0.3 is 20.9 Å². The van der Waals surface area contributed by atoms with E-state index in [4.69, 9.17) is 20.9 Å². The normalized spacial score (nSPS) is 14.9. The third-order valence-corrected chi connectivity index (χ3v) is 2.89. The van der Waals surface area contributed by atoms with Crippen molar-refractivity contribution < 1.29 is 14.3 Å². The van der Waals surface area contributed by atoms with E-state index in [1.807, 2.05) is 0 Å². The predicted molar refractivity (Wildman–Crippen MR) is 61.0 cm³/mol. The number of hydrogen-bond donors (Lipinski definition) is 2. The van der Waals surface area contributed by atoms with Crippen LogP contribution in [0.15, 0.2) is 16.6 Å². The van der Waals surface area contributed by atoms with Crippen molar-refractivity contribution in [2.45, 2.75) is 12.5 Å². The number of fused-ring (bicyclic) bond motifs is 1. The Morgan fingerprint density at radius 2 is 2.25 bits per heavy atom. The van der Waals surface area contributed by atoms with E-state index in [1.54, 1.807) is 12.1 Å². The molecule has 5 nitrogen and oxygen atoms in total. The highest BCUT2D eigenvalue weighted by Gasteiger charge is 2.20. The molecule has 0 bridgehead atoms. The van der Waals surface area contributed by atoms with Crippen LogP contribution >= 0.6 is 15.9 Å². The van der Waals surface area contributed by atoms with Crippen LogP contribution in [0.4, 0.5) is 0 Å². The second-order valence-corrected chi connectivity index (χ2v) is 4.37. The lowest BCUT2D eigenvalue weighted by atomic mass is 10.0. The van der Waals surface area contributed by atoms with Crippen LogP contribution in [0.2, 0.25) is 0 Å². The maximum absolute atomic E-state index is 10.8. The Morgan fingerprint density at radius 3 is 2.94 bits per heavy atom. The molecular formula is C10H11BrN2O3. The van der Waals surface area contributed by atoms with Crippen molar-refractivity contribution in [1.82, 2.24) is 0 Å². The van der Waals surface area contributed by atoms with E-state index >= 15 is 0 Å². The monoisotopic (exact) mass is 286 g/mol. The summed E-state index contributed by atoms with van der Waals surface area (Å²) >= 11 is 3.36. The number of carbonyl (C=O) groups is 1. The molecule has 86 valence electrons. The van der Waals surface area contributed by atoms with Crippen molar-refractivity contribution in [3.63, 3.8) is 0 Å². The average Bonchev–Trinajstić information content (AvgIpc) is 2.64. The van der Waals surface area contributed by atoms with Crippen LogP contribution in [-0.2, 0) is 4.79 Å². The van der Waals surface area contributed by atoms with Crippen LogP contribution in [0.1, 0.15) is 18.0 Å². The molecule has 0 radical (unpaired) electrons. The Balaban J connectivity index is 2.29. The second kappa shape index (κ2) is 4.31. The number of ether oxygens (including phenoxy) is 2. The highest BCUT2D eigenvalue weighted by atomic mass is 79.9. The average molecular weight is 287 g/mol. The minimum Gasteiger partial charge on any atom is -0.454 e. The zero-order valence-electron chi connectivity index (χ0n) is 8.40. The van der Waals surface area contributed by atoms with Crippen molar-refractivity contribution in [3.8, 4) is 11.5 Å². The summed E-state index contributed by atoms with van der Waals surface area (Å²) in [6.45, 7) is 0.197. The molecule has 0 spiro atoms. The van der Waals surface area contributed by atoms with Crippen molar-refractivity contribution in [2.75, 3.05) is 6.79 Å². The zero-order chi connectivity index (χ0) is 11.7. The molecule has 6 heteroatoms. The smallest absolute Gasteiger partial charge is 0.231 e. The van der Waals surface area contributed by atoms with E-state index in [-0.39, 0.29) is 13.2 Å². The highest BCUT2D eigenvalue weighted by molar-refractivity contribution is 9.10. The van der Waals surface area contributed by atoms with Crippen LogP contribution in [0, 0.1) is 0 Å². The highest BCUT2D eigenvalue weighted by Crippen LogP contribution is 2.41. The maximum atomic E-state index is 10.8. The van der Waals surface area contributed by atoms with Gasteiger partial charge in [0.2, 0.25) is 12.7 Å². The van der Waals surface area contributed by atoms with E-state index < -0.39 is 11.9 Å². The molecule has 1 aromatic carbocycles. The molecular weight excluding hydrogens is 276 g/mol. The summed E-state index contributed by atoms with van der Waals surface area (Å²) in [6, 6.07) is 3.14. The lowest BCUT2D eigenvalue weighted by Gasteiger charge is -2.11. The van der Waals surface area contributed by atoms with E-state index in [1.165, 1.54) is 0 Å². The van der Waals surface area contributed by atoms with Crippen molar-refractivity contribution in [1.29, 1.82) is 0 Å². The van der Waals surface area contributed by atoms with Gasteiger partial charge in [-0.25, -0.2) is 0 Å². The third kappa shape index (κ3) is 2.12. The Kier molecular flexibility index (Phi) is 3.02. The molecule has 1 amide bonds. The van der Waals surface area contributed by atoms with Gasteiger partial charge in [-0.1, -0.05) is 0 Å². The fourth-order valence-electron chi connectivity index (χ4n) is 1.54. The molecule has 0 saturated carbocycles. The Labute approximate surface area is 101 Å². The Morgan fingerprint density at radius 1 is 1.50 bits per heavy atom. The van der Waals surface area contributed by atoms with Crippen molar-refractivity contribution >= 4 is 21.8 Å². The van der Waals surface area contributed by atoms with E-state index in [0.717, 1.165) is 10.0 Å². The number of nitrogens with two attached hydrogens (primary N) is 2. The van der Waals surface area contributed by atoms with E-state index in [9.17, 15) is 4.79 Å². The van der Waals surface area contributed by atoms with E-state index in [2.05, 4.69) is 15.9 Å². The first-order valence-corrected chi connectivity index (χ1v) is 5.50. The van der Waals surface area contributed by atoms with Crippen molar-refractivity contribution in [2.24, 2.45) is 11.5 Å². The molecule has 0 aromatic heterocycles. The topological polar surface area (TPSA) is 87.6 Å². The standard InChI is InChI=1S/C10H11BrN2O3/c11-6-1-5(7(12)3-9(13)14)2-8-10(6)16-4-15-8/h1-2,7H,3-4,12H2,(H2,13,14)/t7-/m0/s1. The van der Waals surface area contributed by atoms with Crippen molar-refractivity contribution in [3.05, 3.63) is 22.2 Å². The van der Waals surface area contributed by atoms with Gasteiger partial charge in [0.15, 0.2) is 11.5 Å². The molecule has 4 N–H and O–H groups in total. The van der Waals surface area contributed by atoms with Gasteiger partial charge in [-0.2, -0.15) is 0 Å². The lowest BCUT2D eigenvalue weighted by Crippen LogP contribution is -2.20. The van der Waals surface area contributed by atoms with Gasteiger partial charge in [-0.15, -0.1) is 0 Å². The molecule has 1 aromatic rings. The minimum absolute atomic E-state index is 0.103. The summed E-state index contributed by atoms with van der Waals surface area (Å²) in [4.78, 5) is 10.8. The summed E-state index contributed by atoms with van der Waals surface area (Å²) in [7, 11) is 0. The molecule has 1 atom stereocenters. The fourth-order valence-corrected chi connectivity index (χ4v) is 2.11. The molecule has 1 aliphatic rings. The SMILES string of the molecule is NC(=O)C[C@H](N)c1cc(Br)c2c(c1)OCO2. The number of hydrogen-bond acceptors (Lipinski definition) is 4. The predicted octanol–water partition coefficient (Wildman–Crippen LogP) is 1.05. The number of carbonyl (C=O) groups excluding carboxylic acids is 1. The maximum Gasteiger partial charge on any atom is 0.231 e. The molecule has 1 aliphatic heterocycles. The largest absolute Gasteiger partial charge is 0.454 e. The molecule has 16 heavy (non-hydrogen) atoms. The minimum atomic E-state index is -0.429. The molecule has 2 rings (SSSR count). The zero-order valence-corrected chi connectivity index (χ0v) is 9.99. The first-order chi connectivity index (χ1) is 7.58. The lowest BCUT2D eigenvalue weighted by molar-refractivity contribution is -0.118. The van der Waals surface area contributed by atoms with Crippen LogP contribution < -0.4 is 20.9 Å². The van der Waals surface area contributed by atoms with Gasteiger partial charge in [0.05, 0.1) is 4.47 Å². The number of benzene rings is 1. The molecule has 0 aliphatic carbocycles. The van der Waals surface area contributed by atoms with Gasteiger partial charge in [0, 0.05) is 12.5 Å². The van der Waals surface area contributed by atoms with Crippen LogP contribution in [-0.4, -0.2) is 12.7 Å². The molecule has 0 saturated heterocycles. The number of primary amides is 1. The van der Waals surface area contributed by atoms with Crippen LogP contribution in [0.5, 0.6) is 11.5 Å². The van der Waals surface area contributed by atoms with Gasteiger partial charge in [-0.3, -0.25) is 4.79 Å². The number of rotatable bonds is 3. The Hall–Kier alpha value is -1.27. The first-order valence-electron chi connectivity index (χ1n) is 4.71. The van der Waals surface area contributed by atoms with Crippen LogP contribution in [0.3, 0.4) is 0 Å². The fraction of sp³-hybridized carbons (Fsp3) is 0.300. The van der Waals surface area contributed by atoms with Gasteiger partial charge in [0.1, 0.15) is 0 Å². The summed E-state index contributed by atoms with van der Waals surface area (Å²) < 4.78 is 11.3. The van der Waals surface area contributed by atoms with Gasteiger partial charge in [0.25, 0.3) is 0 Å². The Bertz CT molecular complexity index is 436. The third-order valence-electron chi connectivity index (χ3n) is 2.30. The molecule has 0 fully saturated rings. The number of amides is 1. The van der Waals surface area contributed by atoms with Gasteiger partial charge in [-0.05, 0) is 33.6 Å². The molecule has 0 unspecified atom stereocenters. The van der Waals surface area contributed by atoms with Gasteiger partial charge >= 0.3 is 0 Å². The van der Waals surface area contributed by atoms with E-state index in [0.29, 0.717) is 11.5 Å².